The van der Waals surface area contributed by atoms with E-state index in [1.807, 2.05) is 0 Å². The second-order valence-electron chi connectivity index (χ2n) is 5.02. The molecule has 1 aromatic rings. The van der Waals surface area contributed by atoms with E-state index in [1.54, 1.807) is 12.1 Å². The van der Waals surface area contributed by atoms with E-state index in [1.165, 1.54) is 0 Å². The molecule has 0 heterocycles. The molecule has 102 valence electrons. The van der Waals surface area contributed by atoms with Crippen LogP contribution in [0.25, 0.3) is 0 Å². The van der Waals surface area contributed by atoms with Crippen LogP contribution in [0, 0.1) is 0 Å². The Morgan fingerprint density at radius 2 is 1.94 bits per heavy atom. The van der Waals surface area contributed by atoms with Gasteiger partial charge in [-0.2, -0.15) is 0 Å². The van der Waals surface area contributed by atoms with E-state index in [2.05, 4.69) is 26.1 Å². The predicted octanol–water partition coefficient (Wildman–Crippen LogP) is 4.23. The maximum atomic E-state index is 12.2. The number of nitrogens with one attached hydrogen (secondary N) is 1. The average Bonchev–Trinajstić information content (AvgIpc) is 2.23. The van der Waals surface area contributed by atoms with Gasteiger partial charge in [0.05, 0.1) is 5.02 Å². The van der Waals surface area contributed by atoms with Gasteiger partial charge in [0.25, 0.3) is 0 Å². The standard InChI is InChI=1S/C13H18Cl2FNO/c1-13(2,3)17-8-9-6-10(14)7-11(15)12(9)18-5-4-16/h6-7,17H,4-5,8H2,1-3H3. The molecule has 0 bridgehead atoms. The molecular weight excluding hydrogens is 276 g/mol. The van der Waals surface area contributed by atoms with Crippen molar-refractivity contribution >= 4 is 23.2 Å². The average molecular weight is 294 g/mol. The van der Waals surface area contributed by atoms with Crippen molar-refractivity contribution in [3.63, 3.8) is 0 Å². The van der Waals surface area contributed by atoms with Gasteiger partial charge in [0, 0.05) is 22.7 Å². The van der Waals surface area contributed by atoms with Gasteiger partial charge in [-0.05, 0) is 32.9 Å². The van der Waals surface area contributed by atoms with Crippen molar-refractivity contribution in [2.45, 2.75) is 32.9 Å². The summed E-state index contributed by atoms with van der Waals surface area (Å²) in [7, 11) is 0. The molecular formula is C13H18Cl2FNO. The second kappa shape index (κ2) is 6.60. The molecule has 0 fully saturated rings. The van der Waals surface area contributed by atoms with Crippen molar-refractivity contribution in [3.05, 3.63) is 27.7 Å². The summed E-state index contributed by atoms with van der Waals surface area (Å²) in [6.07, 6.45) is 0. The minimum absolute atomic E-state index is 0.0100. The fraction of sp³-hybridized carbons (Fsp3) is 0.538. The molecule has 5 heteroatoms. The molecule has 1 rings (SSSR count). The van der Waals surface area contributed by atoms with E-state index in [0.717, 1.165) is 5.56 Å². The quantitative estimate of drug-likeness (QED) is 0.877. The number of ether oxygens (including phenoxy) is 1. The second-order valence-corrected chi connectivity index (χ2v) is 5.86. The van der Waals surface area contributed by atoms with Gasteiger partial charge in [0.1, 0.15) is 19.0 Å². The first-order valence-corrected chi connectivity index (χ1v) is 6.51. The summed E-state index contributed by atoms with van der Waals surface area (Å²) in [4.78, 5) is 0. The molecule has 0 radical (unpaired) electrons. The highest BCUT2D eigenvalue weighted by molar-refractivity contribution is 6.35. The molecule has 18 heavy (non-hydrogen) atoms. The lowest BCUT2D eigenvalue weighted by Crippen LogP contribution is -2.35. The van der Waals surface area contributed by atoms with Gasteiger partial charge in [0.15, 0.2) is 0 Å². The Morgan fingerprint density at radius 3 is 2.50 bits per heavy atom. The Balaban J connectivity index is 2.92. The molecule has 0 aromatic heterocycles. The predicted molar refractivity (Wildman–Crippen MR) is 74.5 cm³/mol. The molecule has 1 aromatic carbocycles. The maximum Gasteiger partial charge on any atom is 0.142 e. The summed E-state index contributed by atoms with van der Waals surface area (Å²) in [6.45, 7) is 6.17. The van der Waals surface area contributed by atoms with Crippen LogP contribution >= 0.6 is 23.2 Å². The molecule has 1 N–H and O–H groups in total. The van der Waals surface area contributed by atoms with Gasteiger partial charge in [-0.15, -0.1) is 0 Å². The van der Waals surface area contributed by atoms with Gasteiger partial charge in [-0.1, -0.05) is 23.2 Å². The van der Waals surface area contributed by atoms with Crippen molar-refractivity contribution < 1.29 is 9.13 Å². The van der Waals surface area contributed by atoms with Crippen LogP contribution < -0.4 is 10.1 Å². The van der Waals surface area contributed by atoms with Crippen LogP contribution in [0.15, 0.2) is 12.1 Å². The number of benzene rings is 1. The lowest BCUT2D eigenvalue weighted by molar-refractivity contribution is 0.269. The minimum atomic E-state index is -0.551. The largest absolute Gasteiger partial charge is 0.489 e. The van der Waals surface area contributed by atoms with Crippen molar-refractivity contribution in [3.8, 4) is 5.75 Å². The normalized spacial score (nSPS) is 11.7. The highest BCUT2D eigenvalue weighted by atomic mass is 35.5. The summed E-state index contributed by atoms with van der Waals surface area (Å²) < 4.78 is 17.5. The minimum Gasteiger partial charge on any atom is -0.489 e. The van der Waals surface area contributed by atoms with Gasteiger partial charge in [0.2, 0.25) is 0 Å². The first-order valence-electron chi connectivity index (χ1n) is 5.75. The molecule has 0 aliphatic heterocycles. The molecule has 0 aliphatic rings. The van der Waals surface area contributed by atoms with E-state index >= 15 is 0 Å². The summed E-state index contributed by atoms with van der Waals surface area (Å²) >= 11 is 12.0. The zero-order valence-electron chi connectivity index (χ0n) is 10.8. The van der Waals surface area contributed by atoms with Crippen molar-refractivity contribution in [1.29, 1.82) is 0 Å². The first kappa shape index (κ1) is 15.5. The Bertz CT molecular complexity index is 405. The van der Waals surface area contributed by atoms with E-state index in [-0.39, 0.29) is 12.1 Å². The summed E-state index contributed by atoms with van der Waals surface area (Å²) in [5, 5.41) is 4.26. The number of rotatable bonds is 5. The monoisotopic (exact) mass is 293 g/mol. The molecule has 0 spiro atoms. The van der Waals surface area contributed by atoms with Crippen molar-refractivity contribution in [1.82, 2.24) is 5.32 Å². The van der Waals surface area contributed by atoms with E-state index < -0.39 is 6.67 Å². The summed E-state index contributed by atoms with van der Waals surface area (Å²) in [5.74, 6) is 0.496. The number of alkyl halides is 1. The van der Waals surface area contributed by atoms with E-state index in [4.69, 9.17) is 27.9 Å². The third-order valence-corrected chi connectivity index (χ3v) is 2.72. The maximum absolute atomic E-state index is 12.2. The Kier molecular flexibility index (Phi) is 5.70. The highest BCUT2D eigenvalue weighted by Crippen LogP contribution is 2.32. The van der Waals surface area contributed by atoms with Crippen LogP contribution in [0.5, 0.6) is 5.75 Å². The fourth-order valence-electron chi connectivity index (χ4n) is 1.41. The topological polar surface area (TPSA) is 21.3 Å². The van der Waals surface area contributed by atoms with Gasteiger partial charge >= 0.3 is 0 Å². The van der Waals surface area contributed by atoms with Gasteiger partial charge < -0.3 is 10.1 Å². The molecule has 2 nitrogen and oxygen atoms in total. The zero-order chi connectivity index (χ0) is 13.8. The zero-order valence-corrected chi connectivity index (χ0v) is 12.3. The smallest absolute Gasteiger partial charge is 0.142 e. The molecule has 0 aliphatic carbocycles. The third kappa shape index (κ3) is 5.01. The van der Waals surface area contributed by atoms with Crippen LogP contribution in [0.4, 0.5) is 4.39 Å². The number of hydrogen-bond donors (Lipinski definition) is 1. The van der Waals surface area contributed by atoms with Crippen LogP contribution in [0.2, 0.25) is 10.0 Å². The molecule has 0 saturated heterocycles. The number of halogens is 3. The van der Waals surface area contributed by atoms with Crippen LogP contribution in [0.3, 0.4) is 0 Å². The van der Waals surface area contributed by atoms with Crippen LogP contribution in [0.1, 0.15) is 26.3 Å². The Hall–Kier alpha value is -0.510. The third-order valence-electron chi connectivity index (χ3n) is 2.22. The van der Waals surface area contributed by atoms with Gasteiger partial charge in [-0.25, -0.2) is 4.39 Å². The van der Waals surface area contributed by atoms with E-state index in [0.29, 0.717) is 22.3 Å². The molecule has 0 saturated carbocycles. The Labute approximate surface area is 117 Å². The van der Waals surface area contributed by atoms with Crippen molar-refractivity contribution in [2.75, 3.05) is 13.3 Å². The number of hydrogen-bond acceptors (Lipinski definition) is 2. The van der Waals surface area contributed by atoms with Gasteiger partial charge in [-0.3, -0.25) is 0 Å². The van der Waals surface area contributed by atoms with Crippen LogP contribution in [-0.4, -0.2) is 18.8 Å². The summed E-state index contributed by atoms with van der Waals surface area (Å²) in [5.41, 5.74) is 0.794. The molecule has 0 atom stereocenters. The van der Waals surface area contributed by atoms with Crippen molar-refractivity contribution in [2.24, 2.45) is 0 Å². The summed E-state index contributed by atoms with van der Waals surface area (Å²) in [6, 6.07) is 3.37. The molecule has 0 amide bonds. The fourth-order valence-corrected chi connectivity index (χ4v) is 2.00. The SMILES string of the molecule is CC(C)(C)NCc1cc(Cl)cc(Cl)c1OCCF. The molecule has 0 unspecified atom stereocenters. The van der Waals surface area contributed by atoms with E-state index in [9.17, 15) is 4.39 Å². The lowest BCUT2D eigenvalue weighted by Gasteiger charge is -2.22. The first-order chi connectivity index (χ1) is 8.33. The highest BCUT2D eigenvalue weighted by Gasteiger charge is 2.14. The lowest BCUT2D eigenvalue weighted by atomic mass is 10.1. The Morgan fingerprint density at radius 1 is 1.28 bits per heavy atom. The van der Waals surface area contributed by atoms with Crippen LogP contribution in [-0.2, 0) is 6.54 Å².